The predicted molar refractivity (Wildman–Crippen MR) is 38.7 cm³/mol. The van der Waals surface area contributed by atoms with E-state index in [-0.39, 0.29) is 5.54 Å². The van der Waals surface area contributed by atoms with Crippen LogP contribution in [0.15, 0.2) is 0 Å². The second-order valence-corrected chi connectivity index (χ2v) is 3.55. The molecule has 2 unspecified atom stereocenters. The lowest BCUT2D eigenvalue weighted by molar-refractivity contribution is -0.120. The highest BCUT2D eigenvalue weighted by Gasteiger charge is 2.65. The van der Waals surface area contributed by atoms with Crippen LogP contribution in [-0.2, 0) is 4.79 Å². The third-order valence-electron chi connectivity index (χ3n) is 3.31. The Hall–Kier alpha value is -0.370. The van der Waals surface area contributed by atoms with Crippen molar-refractivity contribution in [3.05, 3.63) is 0 Å². The van der Waals surface area contributed by atoms with Crippen molar-refractivity contribution in [2.75, 3.05) is 6.54 Å². The highest BCUT2D eigenvalue weighted by molar-refractivity contribution is 5.94. The van der Waals surface area contributed by atoms with Crippen molar-refractivity contribution in [2.45, 2.75) is 25.8 Å². The lowest BCUT2D eigenvalue weighted by atomic mass is 10.1. The van der Waals surface area contributed by atoms with E-state index in [0.29, 0.717) is 17.6 Å². The number of hydrogen-bond donors (Lipinski definition) is 1. The molecule has 0 radical (unpaired) electrons. The minimum Gasteiger partial charge on any atom is -0.304 e. The van der Waals surface area contributed by atoms with Crippen LogP contribution in [-0.4, -0.2) is 17.9 Å². The maximum atomic E-state index is 11.3. The molecule has 10 heavy (non-hydrogen) atoms. The number of hydrogen-bond acceptors (Lipinski definition) is 2. The van der Waals surface area contributed by atoms with Crippen LogP contribution in [0, 0.1) is 11.8 Å². The number of ketones is 1. The molecule has 0 amide bonds. The fourth-order valence-corrected chi connectivity index (χ4v) is 2.29. The Kier molecular flexibility index (Phi) is 1.03. The third-order valence-corrected chi connectivity index (χ3v) is 3.31. The van der Waals surface area contributed by atoms with Crippen molar-refractivity contribution in [1.29, 1.82) is 0 Å². The van der Waals surface area contributed by atoms with Gasteiger partial charge in [0, 0.05) is 13.0 Å². The van der Waals surface area contributed by atoms with Crippen molar-refractivity contribution >= 4 is 5.78 Å². The Balaban J connectivity index is 2.25. The normalized spacial score (nSPS) is 52.4. The zero-order valence-electron chi connectivity index (χ0n) is 6.48. The van der Waals surface area contributed by atoms with Crippen molar-refractivity contribution < 1.29 is 4.79 Å². The Morgan fingerprint density at radius 2 is 2.10 bits per heavy atom. The minimum atomic E-state index is -0.0694. The van der Waals surface area contributed by atoms with Crippen LogP contribution in [0.3, 0.4) is 0 Å². The second kappa shape index (κ2) is 1.62. The van der Waals surface area contributed by atoms with Gasteiger partial charge < -0.3 is 5.32 Å². The van der Waals surface area contributed by atoms with Gasteiger partial charge in [0.1, 0.15) is 0 Å². The number of carbonyl (C=O) groups excluding carboxylic acids is 1. The van der Waals surface area contributed by atoms with Crippen LogP contribution >= 0.6 is 0 Å². The molecular weight excluding hydrogens is 126 g/mol. The zero-order valence-corrected chi connectivity index (χ0v) is 6.48. The maximum Gasteiger partial charge on any atom is 0.154 e. The molecule has 0 aromatic carbocycles. The Morgan fingerprint density at radius 1 is 1.50 bits per heavy atom. The summed E-state index contributed by atoms with van der Waals surface area (Å²) in [6.45, 7) is 5.20. The molecule has 1 aliphatic heterocycles. The van der Waals surface area contributed by atoms with E-state index in [1.54, 1.807) is 0 Å². The van der Waals surface area contributed by atoms with Crippen molar-refractivity contribution in [3.8, 4) is 0 Å². The van der Waals surface area contributed by atoms with Crippen LogP contribution in [0.4, 0.5) is 0 Å². The van der Waals surface area contributed by atoms with Gasteiger partial charge in [0.2, 0.25) is 0 Å². The Bertz CT molecular complexity index is 180. The van der Waals surface area contributed by atoms with E-state index >= 15 is 0 Å². The third kappa shape index (κ3) is 0.473. The molecule has 1 saturated heterocycles. The molecular formula is C8H13NO. The molecule has 56 valence electrons. The van der Waals surface area contributed by atoms with Crippen molar-refractivity contribution in [1.82, 2.24) is 5.32 Å². The van der Waals surface area contributed by atoms with E-state index in [0.717, 1.165) is 13.0 Å². The van der Waals surface area contributed by atoms with Gasteiger partial charge in [-0.15, -0.1) is 0 Å². The molecule has 1 aliphatic carbocycles. The largest absolute Gasteiger partial charge is 0.304 e. The second-order valence-electron chi connectivity index (χ2n) is 3.55. The Morgan fingerprint density at radius 3 is 2.30 bits per heavy atom. The molecule has 1 heterocycles. The standard InChI is InChI=1S/C8H13NO/c1-5-6(2)8(5)7(10)3-4-9-8/h5-6,9H,3-4H2,1-2H3. The van der Waals surface area contributed by atoms with Crippen LogP contribution in [0.2, 0.25) is 0 Å². The molecule has 2 heteroatoms. The topological polar surface area (TPSA) is 29.1 Å². The first-order valence-electron chi connectivity index (χ1n) is 3.98. The zero-order chi connectivity index (χ0) is 7.35. The van der Waals surface area contributed by atoms with Gasteiger partial charge in [0.05, 0.1) is 5.54 Å². The monoisotopic (exact) mass is 139 g/mol. The number of nitrogens with one attached hydrogen (secondary N) is 1. The summed E-state index contributed by atoms with van der Waals surface area (Å²) in [7, 11) is 0. The lowest BCUT2D eigenvalue weighted by Gasteiger charge is -2.05. The summed E-state index contributed by atoms with van der Waals surface area (Å²) in [5.41, 5.74) is -0.0694. The SMILES string of the molecule is CC1C(C)C12NCCC2=O. The predicted octanol–water partition coefficient (Wildman–Crippen LogP) is 0.573. The van der Waals surface area contributed by atoms with E-state index in [4.69, 9.17) is 0 Å². The summed E-state index contributed by atoms with van der Waals surface area (Å²) in [4.78, 5) is 11.3. The average molecular weight is 139 g/mol. The average Bonchev–Trinajstić information content (AvgIpc) is 2.28. The smallest absolute Gasteiger partial charge is 0.154 e. The summed E-state index contributed by atoms with van der Waals surface area (Å²) in [5, 5.41) is 3.31. The first-order valence-corrected chi connectivity index (χ1v) is 3.98. The molecule has 0 aromatic heterocycles. The fraction of sp³-hybridized carbons (Fsp3) is 0.875. The van der Waals surface area contributed by atoms with Crippen LogP contribution in [0.25, 0.3) is 0 Å². The van der Waals surface area contributed by atoms with Gasteiger partial charge in [-0.05, 0) is 11.8 Å². The van der Waals surface area contributed by atoms with Crippen molar-refractivity contribution in [2.24, 2.45) is 11.8 Å². The molecule has 1 N–H and O–H groups in total. The summed E-state index contributed by atoms with van der Waals surface area (Å²) >= 11 is 0. The van der Waals surface area contributed by atoms with E-state index < -0.39 is 0 Å². The molecule has 1 spiro atoms. The van der Waals surface area contributed by atoms with E-state index in [9.17, 15) is 4.79 Å². The first-order chi connectivity index (χ1) is 4.69. The van der Waals surface area contributed by atoms with Crippen LogP contribution in [0.5, 0.6) is 0 Å². The highest BCUT2D eigenvalue weighted by Crippen LogP contribution is 2.52. The molecule has 2 aliphatic rings. The summed E-state index contributed by atoms with van der Waals surface area (Å²) in [6, 6.07) is 0. The van der Waals surface area contributed by atoms with Crippen LogP contribution in [0.1, 0.15) is 20.3 Å². The quantitative estimate of drug-likeness (QED) is 0.531. The van der Waals surface area contributed by atoms with Gasteiger partial charge in [-0.2, -0.15) is 0 Å². The minimum absolute atomic E-state index is 0.0694. The fourth-order valence-electron chi connectivity index (χ4n) is 2.29. The highest BCUT2D eigenvalue weighted by atomic mass is 16.1. The molecule has 0 aromatic rings. The molecule has 2 nitrogen and oxygen atoms in total. The summed E-state index contributed by atoms with van der Waals surface area (Å²) < 4.78 is 0. The van der Waals surface area contributed by atoms with Gasteiger partial charge >= 0.3 is 0 Å². The maximum absolute atomic E-state index is 11.3. The van der Waals surface area contributed by atoms with E-state index in [1.165, 1.54) is 0 Å². The molecule has 2 atom stereocenters. The van der Waals surface area contributed by atoms with Gasteiger partial charge in [-0.1, -0.05) is 13.8 Å². The number of rotatable bonds is 0. The summed E-state index contributed by atoms with van der Waals surface area (Å²) in [6.07, 6.45) is 0.745. The van der Waals surface area contributed by atoms with E-state index in [2.05, 4.69) is 19.2 Å². The Labute approximate surface area is 61.0 Å². The van der Waals surface area contributed by atoms with Gasteiger partial charge in [-0.3, -0.25) is 4.79 Å². The lowest BCUT2D eigenvalue weighted by Crippen LogP contribution is -2.33. The summed E-state index contributed by atoms with van der Waals surface area (Å²) in [5.74, 6) is 1.58. The number of Topliss-reactive ketones (excluding diaryl/α,β-unsaturated/α-hetero) is 1. The van der Waals surface area contributed by atoms with Gasteiger partial charge in [0.25, 0.3) is 0 Å². The number of carbonyl (C=O) groups is 1. The van der Waals surface area contributed by atoms with Crippen LogP contribution < -0.4 is 5.32 Å². The van der Waals surface area contributed by atoms with E-state index in [1.807, 2.05) is 0 Å². The molecule has 2 rings (SSSR count). The first kappa shape index (κ1) is 6.35. The van der Waals surface area contributed by atoms with Gasteiger partial charge in [0.15, 0.2) is 5.78 Å². The molecule has 0 bridgehead atoms. The molecule has 2 fully saturated rings. The van der Waals surface area contributed by atoms with Crippen molar-refractivity contribution in [3.63, 3.8) is 0 Å². The molecule has 1 saturated carbocycles. The van der Waals surface area contributed by atoms with Gasteiger partial charge in [-0.25, -0.2) is 0 Å².